The summed E-state index contributed by atoms with van der Waals surface area (Å²) in [4.78, 5) is 27.1. The maximum Gasteiger partial charge on any atom is 0.244 e. The van der Waals surface area contributed by atoms with Crippen LogP contribution in [0.4, 0.5) is 0 Å². The lowest BCUT2D eigenvalue weighted by molar-refractivity contribution is -0.134. The lowest BCUT2D eigenvalue weighted by atomic mass is 9.93. The summed E-state index contributed by atoms with van der Waals surface area (Å²) >= 11 is 5.87. The van der Waals surface area contributed by atoms with Gasteiger partial charge in [-0.3, -0.25) is 9.59 Å². The molecule has 1 saturated heterocycles. The number of carbonyl (C=O) groups excluding carboxylic acids is 2. The Labute approximate surface area is 177 Å². The van der Waals surface area contributed by atoms with Crippen LogP contribution < -0.4 is 5.32 Å². The van der Waals surface area contributed by atoms with Gasteiger partial charge in [0.25, 0.3) is 0 Å². The molecule has 5 heteroatoms. The fourth-order valence-electron chi connectivity index (χ4n) is 3.70. The van der Waals surface area contributed by atoms with Crippen molar-refractivity contribution in [2.24, 2.45) is 0 Å². The van der Waals surface area contributed by atoms with Crippen LogP contribution in [0, 0.1) is 0 Å². The van der Waals surface area contributed by atoms with E-state index in [1.165, 1.54) is 0 Å². The Morgan fingerprint density at radius 2 is 1.76 bits per heavy atom. The molecule has 0 radical (unpaired) electrons. The van der Waals surface area contributed by atoms with Crippen LogP contribution in [0.25, 0.3) is 6.08 Å². The molecule has 1 aliphatic heterocycles. The lowest BCUT2D eigenvalue weighted by Crippen LogP contribution is -2.47. The third kappa shape index (κ3) is 5.94. The zero-order chi connectivity index (χ0) is 20.6. The number of halogens is 1. The first kappa shape index (κ1) is 21.1. The lowest BCUT2D eigenvalue weighted by Gasteiger charge is -2.34. The van der Waals surface area contributed by atoms with Gasteiger partial charge < -0.3 is 10.2 Å². The molecule has 2 aromatic rings. The second kappa shape index (κ2) is 10.3. The summed E-state index contributed by atoms with van der Waals surface area (Å²) in [5.41, 5.74) is 2.00. The van der Waals surface area contributed by atoms with Crippen molar-refractivity contribution >= 4 is 29.5 Å². The average molecular weight is 411 g/mol. The second-order valence-electron chi connectivity index (χ2n) is 7.36. The highest BCUT2D eigenvalue weighted by Gasteiger charge is 2.28. The van der Waals surface area contributed by atoms with Crippen molar-refractivity contribution in [1.29, 1.82) is 0 Å². The molecular weight excluding hydrogens is 384 g/mol. The van der Waals surface area contributed by atoms with Gasteiger partial charge in [-0.15, -0.1) is 0 Å². The van der Waals surface area contributed by atoms with Crippen molar-refractivity contribution < 1.29 is 9.59 Å². The molecule has 152 valence electrons. The number of hydrogen-bond acceptors (Lipinski definition) is 2. The van der Waals surface area contributed by atoms with E-state index in [9.17, 15) is 9.59 Å². The number of nitrogens with one attached hydrogen (secondary N) is 1. The monoisotopic (exact) mass is 410 g/mol. The van der Waals surface area contributed by atoms with Gasteiger partial charge in [-0.1, -0.05) is 61.0 Å². The van der Waals surface area contributed by atoms with Gasteiger partial charge in [0.1, 0.15) is 0 Å². The molecule has 1 N–H and O–H groups in total. The third-order valence-electron chi connectivity index (χ3n) is 5.36. The summed E-state index contributed by atoms with van der Waals surface area (Å²) in [5, 5.41) is 3.72. The molecule has 1 atom stereocenters. The Kier molecular flexibility index (Phi) is 7.48. The first-order chi connectivity index (χ1) is 14.1. The number of rotatable bonds is 6. The van der Waals surface area contributed by atoms with Crippen molar-refractivity contribution in [3.63, 3.8) is 0 Å². The SMILES string of the molecule is CCC(C(=O)N1CCC(NC(=O)C=Cc2ccc(Cl)cc2)CC1)c1ccccc1. The van der Waals surface area contributed by atoms with Crippen LogP contribution in [0.5, 0.6) is 0 Å². The zero-order valence-electron chi connectivity index (χ0n) is 16.7. The van der Waals surface area contributed by atoms with Gasteiger partial charge in [-0.2, -0.15) is 0 Å². The molecule has 0 aromatic heterocycles. The largest absolute Gasteiger partial charge is 0.350 e. The van der Waals surface area contributed by atoms with E-state index in [0.29, 0.717) is 18.1 Å². The van der Waals surface area contributed by atoms with Crippen LogP contribution in [-0.4, -0.2) is 35.8 Å². The van der Waals surface area contributed by atoms with Crippen LogP contribution in [0.15, 0.2) is 60.7 Å². The summed E-state index contributed by atoms with van der Waals surface area (Å²) in [6.07, 6.45) is 5.66. The third-order valence-corrected chi connectivity index (χ3v) is 5.61. The van der Waals surface area contributed by atoms with Crippen molar-refractivity contribution in [3.8, 4) is 0 Å². The fraction of sp³-hybridized carbons (Fsp3) is 0.333. The number of hydrogen-bond donors (Lipinski definition) is 1. The summed E-state index contributed by atoms with van der Waals surface area (Å²) in [7, 11) is 0. The molecule has 0 bridgehead atoms. The van der Waals surface area contributed by atoms with Gasteiger partial charge in [0.05, 0.1) is 5.92 Å². The highest BCUT2D eigenvalue weighted by atomic mass is 35.5. The quantitative estimate of drug-likeness (QED) is 0.704. The predicted molar refractivity (Wildman–Crippen MR) is 118 cm³/mol. The predicted octanol–water partition coefficient (Wildman–Crippen LogP) is 4.65. The Bertz CT molecular complexity index is 841. The first-order valence-electron chi connectivity index (χ1n) is 10.1. The maximum atomic E-state index is 13.0. The van der Waals surface area contributed by atoms with E-state index in [2.05, 4.69) is 12.2 Å². The molecule has 2 aromatic carbocycles. The van der Waals surface area contributed by atoms with Crippen LogP contribution >= 0.6 is 11.6 Å². The van der Waals surface area contributed by atoms with Crippen LogP contribution in [-0.2, 0) is 9.59 Å². The Morgan fingerprint density at radius 1 is 1.10 bits per heavy atom. The summed E-state index contributed by atoms with van der Waals surface area (Å²) < 4.78 is 0. The summed E-state index contributed by atoms with van der Waals surface area (Å²) in [6, 6.07) is 17.4. The molecule has 0 spiro atoms. The molecule has 0 aliphatic carbocycles. The van der Waals surface area contributed by atoms with Crippen LogP contribution in [0.1, 0.15) is 43.2 Å². The van der Waals surface area contributed by atoms with E-state index in [1.54, 1.807) is 24.3 Å². The Hall–Kier alpha value is -2.59. The van der Waals surface area contributed by atoms with E-state index in [1.807, 2.05) is 47.4 Å². The van der Waals surface area contributed by atoms with Gasteiger partial charge in [-0.05, 0) is 48.6 Å². The highest BCUT2D eigenvalue weighted by Crippen LogP contribution is 2.24. The highest BCUT2D eigenvalue weighted by molar-refractivity contribution is 6.30. The first-order valence-corrected chi connectivity index (χ1v) is 10.5. The molecule has 1 aliphatic rings. The second-order valence-corrected chi connectivity index (χ2v) is 7.80. The van der Waals surface area contributed by atoms with Crippen LogP contribution in [0.2, 0.25) is 5.02 Å². The van der Waals surface area contributed by atoms with E-state index in [0.717, 1.165) is 30.4 Å². The molecule has 29 heavy (non-hydrogen) atoms. The molecule has 4 nitrogen and oxygen atoms in total. The van der Waals surface area contributed by atoms with Crippen molar-refractivity contribution in [2.75, 3.05) is 13.1 Å². The molecule has 3 rings (SSSR count). The average Bonchev–Trinajstić information content (AvgIpc) is 2.75. The number of benzene rings is 2. The Balaban J connectivity index is 1.49. The van der Waals surface area contributed by atoms with Crippen molar-refractivity contribution in [1.82, 2.24) is 10.2 Å². The molecule has 1 heterocycles. The van der Waals surface area contributed by atoms with Gasteiger partial charge >= 0.3 is 0 Å². The van der Waals surface area contributed by atoms with Gasteiger partial charge in [0.2, 0.25) is 11.8 Å². The maximum absolute atomic E-state index is 13.0. The topological polar surface area (TPSA) is 49.4 Å². The number of amides is 2. The van der Waals surface area contributed by atoms with Gasteiger partial charge in [-0.25, -0.2) is 0 Å². The summed E-state index contributed by atoms with van der Waals surface area (Å²) in [5.74, 6) is -0.0174. The molecule has 0 saturated carbocycles. The Morgan fingerprint density at radius 3 is 2.38 bits per heavy atom. The zero-order valence-corrected chi connectivity index (χ0v) is 17.4. The van der Waals surface area contributed by atoms with E-state index in [4.69, 9.17) is 11.6 Å². The van der Waals surface area contributed by atoms with Crippen LogP contribution in [0.3, 0.4) is 0 Å². The van der Waals surface area contributed by atoms with Crippen molar-refractivity contribution in [3.05, 3.63) is 76.8 Å². The number of nitrogens with zero attached hydrogens (tertiary/aromatic N) is 1. The fourth-order valence-corrected chi connectivity index (χ4v) is 3.82. The van der Waals surface area contributed by atoms with Gasteiger partial charge in [0.15, 0.2) is 0 Å². The minimum Gasteiger partial charge on any atom is -0.350 e. The molecular formula is C24H27ClN2O2. The minimum absolute atomic E-state index is 0.0929. The molecule has 2 amide bonds. The van der Waals surface area contributed by atoms with Gasteiger partial charge in [0, 0.05) is 30.2 Å². The summed E-state index contributed by atoms with van der Waals surface area (Å²) in [6.45, 7) is 3.40. The molecule has 1 unspecified atom stereocenters. The van der Waals surface area contributed by atoms with E-state index in [-0.39, 0.29) is 23.8 Å². The van der Waals surface area contributed by atoms with E-state index >= 15 is 0 Å². The van der Waals surface area contributed by atoms with E-state index < -0.39 is 0 Å². The number of piperidine rings is 1. The molecule has 1 fully saturated rings. The minimum atomic E-state index is -0.111. The number of likely N-dealkylation sites (tertiary alicyclic amines) is 1. The smallest absolute Gasteiger partial charge is 0.244 e. The van der Waals surface area contributed by atoms with Crippen molar-refractivity contribution in [2.45, 2.75) is 38.1 Å². The standard InChI is InChI=1S/C24H27ClN2O2/c1-2-22(19-6-4-3-5-7-19)24(29)27-16-14-21(15-17-27)26-23(28)13-10-18-8-11-20(25)12-9-18/h3-13,21-22H,2,14-17H2,1H3,(H,26,28). The number of carbonyl (C=O) groups is 2. The normalized spacial score (nSPS) is 16.0.